The van der Waals surface area contributed by atoms with Crippen molar-refractivity contribution in [1.29, 1.82) is 0 Å². The molecule has 2 amide bonds. The summed E-state index contributed by atoms with van der Waals surface area (Å²) >= 11 is 0. The molecule has 1 spiro atoms. The molecule has 3 heterocycles. The molecule has 0 aromatic heterocycles. The predicted octanol–water partition coefficient (Wildman–Crippen LogP) is 3.27. The van der Waals surface area contributed by atoms with Crippen molar-refractivity contribution in [3.8, 4) is 0 Å². The Morgan fingerprint density at radius 2 is 2.06 bits per heavy atom. The van der Waals surface area contributed by atoms with E-state index in [1.54, 1.807) is 22.9 Å². The average Bonchev–Trinajstić information content (AvgIpc) is 3.22. The fraction of sp³-hybridized carbons (Fsp3) is 0.640. The second kappa shape index (κ2) is 9.63. The quantitative estimate of drug-likeness (QED) is 0.182. The summed E-state index contributed by atoms with van der Waals surface area (Å²) in [6.07, 6.45) is 1.58. The van der Waals surface area contributed by atoms with Gasteiger partial charge in [-0.1, -0.05) is 6.92 Å². The summed E-state index contributed by atoms with van der Waals surface area (Å²) < 4.78 is 26.8. The molecule has 192 valence electrons. The third-order valence-electron chi connectivity index (χ3n) is 7.76. The van der Waals surface area contributed by atoms with Gasteiger partial charge < -0.3 is 28.5 Å². The number of nitrogens with zero attached hydrogens (tertiary/aromatic N) is 2. The number of rotatable bonds is 9. The molecule has 4 atom stereocenters. The normalized spacial score (nSPS) is 28.0. The number of β-lactam (4-membered cyclic amide) rings is 1. The molecule has 3 aliphatic heterocycles. The fourth-order valence-corrected chi connectivity index (χ4v) is 8.59. The van der Waals surface area contributed by atoms with E-state index in [-0.39, 0.29) is 37.2 Å². The third-order valence-corrected chi connectivity index (χ3v) is 10.2. The highest BCUT2D eigenvalue weighted by molar-refractivity contribution is 6.72. The zero-order valence-electron chi connectivity index (χ0n) is 20.9. The summed E-state index contributed by atoms with van der Waals surface area (Å²) in [5.41, 5.74) is 0.208. The van der Waals surface area contributed by atoms with Crippen LogP contribution in [0.1, 0.15) is 44.6 Å². The van der Waals surface area contributed by atoms with Crippen LogP contribution in [0.5, 0.6) is 0 Å². The molecule has 2 saturated heterocycles. The number of halogens is 1. The van der Waals surface area contributed by atoms with E-state index >= 15 is 4.11 Å². The van der Waals surface area contributed by atoms with Crippen molar-refractivity contribution in [1.82, 2.24) is 0 Å². The summed E-state index contributed by atoms with van der Waals surface area (Å²) in [5.74, 6) is -0.957. The van der Waals surface area contributed by atoms with Crippen molar-refractivity contribution in [2.45, 2.75) is 69.4 Å². The van der Waals surface area contributed by atoms with Crippen LogP contribution in [0.3, 0.4) is 0 Å². The maximum absolute atomic E-state index is 15.6. The maximum Gasteiger partial charge on any atom is 0.305 e. The van der Waals surface area contributed by atoms with Crippen LogP contribution >= 0.6 is 0 Å². The number of esters is 1. The van der Waals surface area contributed by atoms with Crippen molar-refractivity contribution in [2.75, 3.05) is 36.6 Å². The van der Waals surface area contributed by atoms with E-state index in [1.165, 1.54) is 7.11 Å². The lowest BCUT2D eigenvalue weighted by molar-refractivity contribution is -0.146. The van der Waals surface area contributed by atoms with Gasteiger partial charge in [-0.3, -0.25) is 14.4 Å². The first-order valence-corrected chi connectivity index (χ1v) is 15.3. The van der Waals surface area contributed by atoms with Crippen LogP contribution in [0, 0.1) is 5.92 Å². The average molecular weight is 507 g/mol. The van der Waals surface area contributed by atoms with E-state index in [0.717, 1.165) is 0 Å². The Bertz CT molecular complexity index is 1010. The molecule has 8 nitrogen and oxygen atoms in total. The number of fused-ring (bicyclic) bond motifs is 2. The highest BCUT2D eigenvalue weighted by Crippen LogP contribution is 2.60. The van der Waals surface area contributed by atoms with Gasteiger partial charge in [0.15, 0.2) is 5.60 Å². The van der Waals surface area contributed by atoms with Gasteiger partial charge in [0, 0.05) is 55.2 Å². The Kier molecular flexibility index (Phi) is 7.09. The second-order valence-electron chi connectivity index (χ2n) is 10.3. The number of carbonyl (C=O) groups excluding carboxylic acids is 3. The molecule has 0 bridgehead atoms. The van der Waals surface area contributed by atoms with Gasteiger partial charge in [-0.25, -0.2) is 0 Å². The first-order valence-electron chi connectivity index (χ1n) is 12.4. The Balaban J connectivity index is 1.73. The number of hydrogen-bond donors (Lipinski definition) is 1. The van der Waals surface area contributed by atoms with E-state index in [9.17, 15) is 19.5 Å². The molecule has 0 unspecified atom stereocenters. The van der Waals surface area contributed by atoms with Crippen LogP contribution in [0.25, 0.3) is 0 Å². The number of anilines is 2. The molecule has 1 N–H and O–H groups in total. The molecule has 0 saturated carbocycles. The number of benzene rings is 1. The van der Waals surface area contributed by atoms with Crippen molar-refractivity contribution >= 4 is 37.6 Å². The molecule has 35 heavy (non-hydrogen) atoms. The zero-order valence-corrected chi connectivity index (χ0v) is 21.9. The van der Waals surface area contributed by atoms with Gasteiger partial charge in [0.25, 0.3) is 5.91 Å². The standard InChI is InChI=1S/C25H35FN2O6Si/c1-16-23(35(3,4)26)20(11-14-29)34-25(16)18-15-17(27-13-10-21(27)30)8-9-19(18)28(24(25)32)12-6-5-7-22(31)33-2/h8-9,15-16,20,23,29H,5-7,10-14H2,1-4H3/t16-,20+,23-,25+/m1/s1. The molecule has 4 rings (SSSR count). The van der Waals surface area contributed by atoms with Crippen molar-refractivity contribution in [3.63, 3.8) is 0 Å². The maximum atomic E-state index is 15.6. The van der Waals surface area contributed by atoms with E-state index in [2.05, 4.69) is 0 Å². The summed E-state index contributed by atoms with van der Waals surface area (Å²) in [5, 5.41) is 9.67. The molecular weight excluding hydrogens is 471 g/mol. The smallest absolute Gasteiger partial charge is 0.305 e. The molecule has 2 fully saturated rings. The van der Waals surface area contributed by atoms with Gasteiger partial charge in [0.1, 0.15) is 0 Å². The topological polar surface area (TPSA) is 96.4 Å². The Morgan fingerprint density at radius 3 is 2.63 bits per heavy atom. The molecule has 1 aromatic rings. The highest BCUT2D eigenvalue weighted by Gasteiger charge is 2.66. The van der Waals surface area contributed by atoms with Crippen LogP contribution in [-0.4, -0.2) is 64.2 Å². The molecule has 1 aromatic carbocycles. The van der Waals surface area contributed by atoms with Gasteiger partial charge in [0.2, 0.25) is 14.3 Å². The summed E-state index contributed by atoms with van der Waals surface area (Å²) in [6.45, 7) is 5.97. The van der Waals surface area contributed by atoms with Crippen LogP contribution < -0.4 is 9.80 Å². The number of methoxy groups -OCH3 is 1. The zero-order chi connectivity index (χ0) is 25.5. The van der Waals surface area contributed by atoms with E-state index in [1.807, 2.05) is 25.1 Å². The molecule has 0 aliphatic carbocycles. The van der Waals surface area contributed by atoms with E-state index < -0.39 is 31.6 Å². The van der Waals surface area contributed by atoms with Gasteiger partial charge in [-0.05, 0) is 50.6 Å². The third kappa shape index (κ3) is 4.29. The second-order valence-corrected chi connectivity index (χ2v) is 14.1. The van der Waals surface area contributed by atoms with Crippen LogP contribution in [0.15, 0.2) is 18.2 Å². The Morgan fingerprint density at radius 1 is 1.31 bits per heavy atom. The Labute approximate surface area is 206 Å². The number of amides is 2. The van der Waals surface area contributed by atoms with Gasteiger partial charge in [-0.2, -0.15) is 0 Å². The first kappa shape index (κ1) is 25.8. The lowest BCUT2D eigenvalue weighted by Gasteiger charge is -2.33. The fourth-order valence-electron chi connectivity index (χ4n) is 6.05. The number of aliphatic hydroxyl groups is 1. The first-order chi connectivity index (χ1) is 16.6. The lowest BCUT2D eigenvalue weighted by atomic mass is 9.82. The van der Waals surface area contributed by atoms with Crippen LogP contribution in [0.4, 0.5) is 15.5 Å². The number of hydrogen-bond acceptors (Lipinski definition) is 6. The van der Waals surface area contributed by atoms with Crippen molar-refractivity contribution in [2.24, 2.45) is 5.92 Å². The molecule has 10 heteroatoms. The number of carbonyl (C=O) groups is 3. The minimum Gasteiger partial charge on any atom is -0.469 e. The number of ether oxygens (including phenoxy) is 2. The molecule has 0 radical (unpaired) electrons. The van der Waals surface area contributed by atoms with E-state index in [4.69, 9.17) is 9.47 Å². The predicted molar refractivity (Wildman–Crippen MR) is 131 cm³/mol. The molecular formula is C25H35FN2O6Si. The van der Waals surface area contributed by atoms with Gasteiger partial charge in [0.05, 0.1) is 18.9 Å². The van der Waals surface area contributed by atoms with Crippen LogP contribution in [0.2, 0.25) is 18.6 Å². The Hall–Kier alpha value is -2.30. The molecule has 3 aliphatic rings. The van der Waals surface area contributed by atoms with Crippen molar-refractivity contribution < 1.29 is 33.1 Å². The van der Waals surface area contributed by atoms with Gasteiger partial charge in [-0.15, -0.1) is 0 Å². The minimum absolute atomic E-state index is 0.0247. The summed E-state index contributed by atoms with van der Waals surface area (Å²) in [4.78, 5) is 41.1. The highest BCUT2D eigenvalue weighted by atomic mass is 28.4. The SMILES string of the molecule is COC(=O)CCCCN1C(=O)[C@@]2(O[C@@H](CCO)[C@H]([Si](C)(C)F)[C@H]2C)c2cc(N3CCC3=O)ccc21. The van der Waals surface area contributed by atoms with Crippen LogP contribution in [-0.2, 0) is 29.5 Å². The summed E-state index contributed by atoms with van der Waals surface area (Å²) in [6, 6.07) is 5.52. The van der Waals surface area contributed by atoms with Crippen molar-refractivity contribution in [3.05, 3.63) is 23.8 Å². The van der Waals surface area contributed by atoms with Gasteiger partial charge >= 0.3 is 5.97 Å². The largest absolute Gasteiger partial charge is 0.469 e. The lowest BCUT2D eigenvalue weighted by Crippen LogP contribution is -2.46. The number of aliphatic hydroxyl groups excluding tert-OH is 1. The van der Waals surface area contributed by atoms with E-state index in [0.29, 0.717) is 49.3 Å². The number of unbranched alkanes of at least 4 members (excludes halogenated alkanes) is 1. The monoisotopic (exact) mass is 506 g/mol. The summed E-state index contributed by atoms with van der Waals surface area (Å²) in [7, 11) is -1.92. The minimum atomic E-state index is -3.27.